The molecule has 0 bridgehead atoms. The lowest BCUT2D eigenvalue weighted by atomic mass is 10.3. The van der Waals surface area contributed by atoms with Gasteiger partial charge in [0.05, 0.1) is 24.0 Å². The maximum absolute atomic E-state index is 9.14. The summed E-state index contributed by atoms with van der Waals surface area (Å²) >= 11 is 0. The zero-order chi connectivity index (χ0) is 6.97. The van der Waals surface area contributed by atoms with Gasteiger partial charge in [-0.25, -0.2) is 0 Å². The molecule has 3 heteroatoms. The highest BCUT2D eigenvalue weighted by atomic mass is 16.3. The zero-order valence-corrected chi connectivity index (χ0v) is 5.11. The van der Waals surface area contributed by atoms with Crippen molar-refractivity contribution in [2.75, 3.05) is 0 Å². The van der Waals surface area contributed by atoms with E-state index in [2.05, 4.69) is 4.98 Å². The van der Waals surface area contributed by atoms with E-state index in [1.54, 1.807) is 12.3 Å². The van der Waals surface area contributed by atoms with Gasteiger partial charge in [0.1, 0.15) is 5.75 Å². The first-order chi connectivity index (χ1) is 4.88. The lowest BCUT2D eigenvalue weighted by molar-refractivity contribution is 0.478. The summed E-state index contributed by atoms with van der Waals surface area (Å²) in [4.78, 5) is 3.74. The highest BCUT2D eigenvalue weighted by Gasteiger charge is 1.99. The summed E-state index contributed by atoms with van der Waals surface area (Å²) in [5.74, 6) is 0.159. The summed E-state index contributed by atoms with van der Waals surface area (Å²) in [7, 11) is 0. The number of aromatic hydroxyl groups is 1. The van der Waals surface area contributed by atoms with Gasteiger partial charge in [-0.3, -0.25) is 4.98 Å². The SMILES string of the molecule is Oc1cncc2occc12. The molecule has 0 aliphatic carbocycles. The average molecular weight is 135 g/mol. The van der Waals surface area contributed by atoms with Gasteiger partial charge in [-0.05, 0) is 6.07 Å². The smallest absolute Gasteiger partial charge is 0.155 e. The molecule has 2 aromatic heterocycles. The summed E-state index contributed by atoms with van der Waals surface area (Å²) in [6.07, 6.45) is 4.47. The zero-order valence-electron chi connectivity index (χ0n) is 5.11. The quantitative estimate of drug-likeness (QED) is 0.595. The van der Waals surface area contributed by atoms with Crippen molar-refractivity contribution in [3.63, 3.8) is 0 Å². The summed E-state index contributed by atoms with van der Waals surface area (Å²) in [6.45, 7) is 0. The Morgan fingerprint density at radius 1 is 1.40 bits per heavy atom. The number of fused-ring (bicyclic) bond motifs is 1. The molecule has 0 aliphatic rings. The third kappa shape index (κ3) is 0.572. The molecular weight excluding hydrogens is 130 g/mol. The Hall–Kier alpha value is -1.51. The third-order valence-corrected chi connectivity index (χ3v) is 1.36. The van der Waals surface area contributed by atoms with Crippen molar-refractivity contribution >= 4 is 11.0 Å². The number of aromatic nitrogens is 1. The minimum atomic E-state index is 0.159. The first-order valence-corrected chi connectivity index (χ1v) is 2.88. The second-order valence-corrected chi connectivity index (χ2v) is 1.99. The Labute approximate surface area is 56.9 Å². The molecule has 0 radical (unpaired) electrons. The fraction of sp³-hybridized carbons (Fsp3) is 0. The molecule has 0 fully saturated rings. The van der Waals surface area contributed by atoms with E-state index in [0.29, 0.717) is 11.0 Å². The van der Waals surface area contributed by atoms with E-state index in [1.807, 2.05) is 0 Å². The van der Waals surface area contributed by atoms with Crippen LogP contribution in [-0.2, 0) is 0 Å². The molecule has 2 rings (SSSR count). The largest absolute Gasteiger partial charge is 0.506 e. The second-order valence-electron chi connectivity index (χ2n) is 1.99. The lowest BCUT2D eigenvalue weighted by Crippen LogP contribution is -1.69. The molecule has 0 saturated carbocycles. The Balaban J connectivity index is 2.95. The van der Waals surface area contributed by atoms with Crippen LogP contribution in [0.2, 0.25) is 0 Å². The summed E-state index contributed by atoms with van der Waals surface area (Å²) in [5.41, 5.74) is 0.611. The molecular formula is C7H5NO2. The Morgan fingerprint density at radius 2 is 2.30 bits per heavy atom. The van der Waals surface area contributed by atoms with Gasteiger partial charge in [0.2, 0.25) is 0 Å². The van der Waals surface area contributed by atoms with Crippen LogP contribution < -0.4 is 0 Å². The summed E-state index contributed by atoms with van der Waals surface area (Å²) in [5, 5.41) is 9.84. The van der Waals surface area contributed by atoms with Crippen LogP contribution in [0.15, 0.2) is 29.1 Å². The second kappa shape index (κ2) is 1.73. The highest BCUT2D eigenvalue weighted by molar-refractivity contribution is 5.82. The van der Waals surface area contributed by atoms with E-state index < -0.39 is 0 Å². The molecule has 50 valence electrons. The Kier molecular flexibility index (Phi) is 0.917. The molecule has 2 heterocycles. The van der Waals surface area contributed by atoms with Crippen molar-refractivity contribution in [3.05, 3.63) is 24.7 Å². The number of nitrogens with zero attached hydrogens (tertiary/aromatic N) is 1. The minimum absolute atomic E-state index is 0.159. The highest BCUT2D eigenvalue weighted by Crippen LogP contribution is 2.22. The third-order valence-electron chi connectivity index (χ3n) is 1.36. The number of hydrogen-bond acceptors (Lipinski definition) is 3. The van der Waals surface area contributed by atoms with Crippen LogP contribution in [-0.4, -0.2) is 10.1 Å². The lowest BCUT2D eigenvalue weighted by Gasteiger charge is -1.88. The van der Waals surface area contributed by atoms with Crippen LogP contribution in [0.5, 0.6) is 5.75 Å². The van der Waals surface area contributed by atoms with Crippen LogP contribution >= 0.6 is 0 Å². The van der Waals surface area contributed by atoms with Crippen LogP contribution in [0.4, 0.5) is 0 Å². The maximum atomic E-state index is 9.14. The minimum Gasteiger partial charge on any atom is -0.506 e. The molecule has 0 saturated heterocycles. The molecule has 0 unspecified atom stereocenters. The molecule has 0 atom stereocenters. The van der Waals surface area contributed by atoms with Crippen LogP contribution in [0.1, 0.15) is 0 Å². The molecule has 1 N–H and O–H groups in total. The van der Waals surface area contributed by atoms with Gasteiger partial charge in [0.15, 0.2) is 5.58 Å². The van der Waals surface area contributed by atoms with Gasteiger partial charge in [-0.2, -0.15) is 0 Å². The normalized spacial score (nSPS) is 10.4. The van der Waals surface area contributed by atoms with E-state index in [0.717, 1.165) is 0 Å². The van der Waals surface area contributed by atoms with E-state index in [1.165, 1.54) is 12.5 Å². The molecule has 0 spiro atoms. The van der Waals surface area contributed by atoms with Crippen molar-refractivity contribution in [2.45, 2.75) is 0 Å². The summed E-state index contributed by atoms with van der Waals surface area (Å²) < 4.78 is 4.98. The van der Waals surface area contributed by atoms with Gasteiger partial charge in [-0.1, -0.05) is 0 Å². The summed E-state index contributed by atoms with van der Waals surface area (Å²) in [6, 6.07) is 1.70. The standard InChI is InChI=1S/C7H5NO2/c9-6-3-8-4-7-5(6)1-2-10-7/h1-4,9H. The van der Waals surface area contributed by atoms with Crippen molar-refractivity contribution in [1.82, 2.24) is 4.98 Å². The topological polar surface area (TPSA) is 46.3 Å². The van der Waals surface area contributed by atoms with Gasteiger partial charge in [0.25, 0.3) is 0 Å². The number of rotatable bonds is 0. The fourth-order valence-corrected chi connectivity index (χ4v) is 0.878. The maximum Gasteiger partial charge on any atom is 0.155 e. The molecule has 2 aromatic rings. The molecule has 10 heavy (non-hydrogen) atoms. The molecule has 0 aromatic carbocycles. The molecule has 0 amide bonds. The monoisotopic (exact) mass is 135 g/mol. The van der Waals surface area contributed by atoms with E-state index in [-0.39, 0.29) is 5.75 Å². The Bertz CT molecular complexity index is 353. The van der Waals surface area contributed by atoms with Crippen LogP contribution in [0.25, 0.3) is 11.0 Å². The fourth-order valence-electron chi connectivity index (χ4n) is 0.878. The van der Waals surface area contributed by atoms with Crippen molar-refractivity contribution in [1.29, 1.82) is 0 Å². The van der Waals surface area contributed by atoms with Gasteiger partial charge in [-0.15, -0.1) is 0 Å². The first kappa shape index (κ1) is 5.29. The Morgan fingerprint density at radius 3 is 3.10 bits per heavy atom. The number of hydrogen-bond donors (Lipinski definition) is 1. The predicted molar refractivity (Wildman–Crippen MR) is 35.7 cm³/mol. The number of pyridine rings is 1. The van der Waals surface area contributed by atoms with Crippen molar-refractivity contribution in [2.24, 2.45) is 0 Å². The van der Waals surface area contributed by atoms with Crippen LogP contribution in [0, 0.1) is 0 Å². The predicted octanol–water partition coefficient (Wildman–Crippen LogP) is 1.53. The van der Waals surface area contributed by atoms with Crippen molar-refractivity contribution in [3.8, 4) is 5.75 Å². The van der Waals surface area contributed by atoms with Gasteiger partial charge in [0, 0.05) is 0 Å². The molecule has 0 aliphatic heterocycles. The number of furan rings is 1. The average Bonchev–Trinajstić information content (AvgIpc) is 2.36. The molecule has 3 nitrogen and oxygen atoms in total. The van der Waals surface area contributed by atoms with Gasteiger partial charge < -0.3 is 9.52 Å². The van der Waals surface area contributed by atoms with E-state index in [9.17, 15) is 0 Å². The van der Waals surface area contributed by atoms with E-state index in [4.69, 9.17) is 9.52 Å². The van der Waals surface area contributed by atoms with Gasteiger partial charge >= 0.3 is 0 Å². The first-order valence-electron chi connectivity index (χ1n) is 2.88. The van der Waals surface area contributed by atoms with E-state index >= 15 is 0 Å². The van der Waals surface area contributed by atoms with Crippen LogP contribution in [0.3, 0.4) is 0 Å². The van der Waals surface area contributed by atoms with Crippen molar-refractivity contribution < 1.29 is 9.52 Å².